The molecule has 2 amide bonds. The molecule has 0 bridgehead atoms. The summed E-state index contributed by atoms with van der Waals surface area (Å²) in [4.78, 5) is 22.9. The summed E-state index contributed by atoms with van der Waals surface area (Å²) in [5, 5.41) is 5.03. The van der Waals surface area contributed by atoms with Gasteiger partial charge in [-0.05, 0) is 45.0 Å². The van der Waals surface area contributed by atoms with E-state index in [0.29, 0.717) is 12.3 Å². The molecule has 0 aliphatic carbocycles. The van der Waals surface area contributed by atoms with Crippen molar-refractivity contribution in [2.24, 2.45) is 0 Å². The van der Waals surface area contributed by atoms with Crippen LogP contribution in [0.2, 0.25) is 0 Å². The zero-order valence-electron chi connectivity index (χ0n) is 10.8. The van der Waals surface area contributed by atoms with E-state index in [1.807, 2.05) is 6.92 Å². The van der Waals surface area contributed by atoms with Gasteiger partial charge < -0.3 is 15.4 Å². The molecule has 0 unspecified atom stereocenters. The Kier molecular flexibility index (Phi) is 5.17. The van der Waals surface area contributed by atoms with Crippen LogP contribution < -0.4 is 15.4 Å². The summed E-state index contributed by atoms with van der Waals surface area (Å²) >= 11 is 0. The summed E-state index contributed by atoms with van der Waals surface area (Å²) in [6, 6.07) is 6.78. The van der Waals surface area contributed by atoms with Crippen LogP contribution in [0.3, 0.4) is 0 Å². The zero-order chi connectivity index (χ0) is 13.5. The number of anilines is 1. The number of rotatable bonds is 4. The Morgan fingerprint density at radius 2 is 1.78 bits per heavy atom. The number of carbonyl (C=O) groups is 2. The van der Waals surface area contributed by atoms with Crippen LogP contribution >= 0.6 is 0 Å². The normalized spacial score (nSPS) is 10.0. The van der Waals surface area contributed by atoms with Crippen molar-refractivity contribution in [3.05, 3.63) is 24.3 Å². The van der Waals surface area contributed by atoms with E-state index in [0.717, 1.165) is 5.75 Å². The fourth-order valence-corrected chi connectivity index (χ4v) is 1.32. The van der Waals surface area contributed by atoms with Gasteiger partial charge in [-0.3, -0.25) is 9.59 Å². The number of hydrogen-bond acceptors (Lipinski definition) is 3. The lowest BCUT2D eigenvalue weighted by molar-refractivity contribution is -0.136. The number of carbonyl (C=O) groups excluding carboxylic acids is 2. The first-order valence-electron chi connectivity index (χ1n) is 5.87. The van der Waals surface area contributed by atoms with E-state index in [1.165, 1.54) is 0 Å². The maximum atomic E-state index is 11.5. The lowest BCUT2D eigenvalue weighted by Crippen LogP contribution is -2.39. The highest BCUT2D eigenvalue weighted by atomic mass is 16.5. The van der Waals surface area contributed by atoms with E-state index in [1.54, 1.807) is 38.1 Å². The average molecular weight is 250 g/mol. The second-order valence-electron chi connectivity index (χ2n) is 4.04. The van der Waals surface area contributed by atoms with Crippen LogP contribution in [0.25, 0.3) is 0 Å². The maximum absolute atomic E-state index is 11.5. The summed E-state index contributed by atoms with van der Waals surface area (Å²) in [5.74, 6) is -0.589. The number of hydrogen-bond donors (Lipinski definition) is 2. The van der Waals surface area contributed by atoms with Crippen molar-refractivity contribution in [1.29, 1.82) is 0 Å². The van der Waals surface area contributed by atoms with E-state index in [-0.39, 0.29) is 6.04 Å². The minimum absolute atomic E-state index is 0.0661. The maximum Gasteiger partial charge on any atom is 0.313 e. The molecule has 5 heteroatoms. The standard InChI is InChI=1S/C13H18N2O3/c1-4-18-11-7-5-10(6-8-11)15-13(17)12(16)14-9(2)3/h5-9H,4H2,1-3H3,(H,14,16)(H,15,17). The van der Waals surface area contributed by atoms with Crippen molar-refractivity contribution in [3.63, 3.8) is 0 Å². The summed E-state index contributed by atoms with van der Waals surface area (Å²) in [5.41, 5.74) is 0.558. The monoisotopic (exact) mass is 250 g/mol. The molecular weight excluding hydrogens is 232 g/mol. The molecular formula is C13H18N2O3. The van der Waals surface area contributed by atoms with Gasteiger partial charge >= 0.3 is 11.8 Å². The smallest absolute Gasteiger partial charge is 0.313 e. The van der Waals surface area contributed by atoms with Crippen LogP contribution in [-0.2, 0) is 9.59 Å². The number of nitrogens with one attached hydrogen (secondary N) is 2. The van der Waals surface area contributed by atoms with Gasteiger partial charge in [0.05, 0.1) is 6.61 Å². The third-order valence-corrected chi connectivity index (χ3v) is 2.05. The van der Waals surface area contributed by atoms with E-state index in [4.69, 9.17) is 4.74 Å². The Morgan fingerprint density at radius 1 is 1.17 bits per heavy atom. The van der Waals surface area contributed by atoms with Gasteiger partial charge in [0.1, 0.15) is 5.75 Å². The molecule has 0 fully saturated rings. The molecule has 0 saturated heterocycles. The molecule has 98 valence electrons. The molecule has 0 aliphatic heterocycles. The summed E-state index contributed by atoms with van der Waals surface area (Å²) in [6.45, 7) is 6.07. The minimum Gasteiger partial charge on any atom is -0.494 e. The molecule has 0 spiro atoms. The molecule has 0 radical (unpaired) electrons. The van der Waals surface area contributed by atoms with Crippen molar-refractivity contribution >= 4 is 17.5 Å². The van der Waals surface area contributed by atoms with Gasteiger partial charge in [0, 0.05) is 11.7 Å². The highest BCUT2D eigenvalue weighted by molar-refractivity contribution is 6.39. The summed E-state index contributed by atoms with van der Waals surface area (Å²) in [7, 11) is 0. The second kappa shape index (κ2) is 6.64. The van der Waals surface area contributed by atoms with Gasteiger partial charge in [0.25, 0.3) is 0 Å². The van der Waals surface area contributed by atoms with Gasteiger partial charge in [0.2, 0.25) is 0 Å². The van der Waals surface area contributed by atoms with Gasteiger partial charge in [-0.2, -0.15) is 0 Å². The highest BCUT2D eigenvalue weighted by Crippen LogP contribution is 2.15. The molecule has 0 heterocycles. The van der Waals surface area contributed by atoms with Gasteiger partial charge in [0.15, 0.2) is 0 Å². The van der Waals surface area contributed by atoms with Crippen molar-refractivity contribution in [2.75, 3.05) is 11.9 Å². The predicted molar refractivity (Wildman–Crippen MR) is 69.5 cm³/mol. The van der Waals surface area contributed by atoms with Crippen LogP contribution in [0.15, 0.2) is 24.3 Å². The fraction of sp³-hybridized carbons (Fsp3) is 0.385. The number of ether oxygens (including phenoxy) is 1. The topological polar surface area (TPSA) is 67.4 Å². The van der Waals surface area contributed by atoms with Crippen LogP contribution in [0.1, 0.15) is 20.8 Å². The molecule has 0 atom stereocenters. The molecule has 0 aromatic heterocycles. The lowest BCUT2D eigenvalue weighted by atomic mass is 10.3. The van der Waals surface area contributed by atoms with E-state index >= 15 is 0 Å². The van der Waals surface area contributed by atoms with Crippen molar-refractivity contribution < 1.29 is 14.3 Å². The molecule has 1 rings (SSSR count). The Bertz CT molecular complexity index is 413. The molecule has 1 aromatic carbocycles. The van der Waals surface area contributed by atoms with E-state index < -0.39 is 11.8 Å². The predicted octanol–water partition coefficient (Wildman–Crippen LogP) is 1.55. The number of benzene rings is 1. The first-order valence-corrected chi connectivity index (χ1v) is 5.87. The lowest BCUT2D eigenvalue weighted by Gasteiger charge is -2.09. The first-order chi connectivity index (χ1) is 8.52. The van der Waals surface area contributed by atoms with Crippen LogP contribution in [-0.4, -0.2) is 24.5 Å². The van der Waals surface area contributed by atoms with Crippen molar-refractivity contribution in [2.45, 2.75) is 26.8 Å². The first kappa shape index (κ1) is 14.0. The Balaban J connectivity index is 2.56. The molecule has 0 saturated carbocycles. The molecule has 1 aromatic rings. The van der Waals surface area contributed by atoms with Crippen molar-refractivity contribution in [1.82, 2.24) is 5.32 Å². The van der Waals surface area contributed by atoms with Crippen LogP contribution in [0.4, 0.5) is 5.69 Å². The van der Waals surface area contributed by atoms with E-state index in [9.17, 15) is 9.59 Å². The molecule has 0 aliphatic rings. The fourth-order valence-electron chi connectivity index (χ4n) is 1.32. The highest BCUT2D eigenvalue weighted by Gasteiger charge is 2.14. The third kappa shape index (κ3) is 4.45. The molecule has 2 N–H and O–H groups in total. The van der Waals surface area contributed by atoms with Gasteiger partial charge in [-0.15, -0.1) is 0 Å². The van der Waals surface area contributed by atoms with Crippen molar-refractivity contribution in [3.8, 4) is 5.75 Å². The Labute approximate surface area is 107 Å². The van der Waals surface area contributed by atoms with Gasteiger partial charge in [-0.25, -0.2) is 0 Å². The summed E-state index contributed by atoms with van der Waals surface area (Å²) in [6.07, 6.45) is 0. The van der Waals surface area contributed by atoms with Crippen LogP contribution in [0.5, 0.6) is 5.75 Å². The second-order valence-corrected chi connectivity index (χ2v) is 4.04. The average Bonchev–Trinajstić information content (AvgIpc) is 2.31. The minimum atomic E-state index is -0.673. The van der Waals surface area contributed by atoms with Crippen LogP contribution in [0, 0.1) is 0 Å². The van der Waals surface area contributed by atoms with E-state index in [2.05, 4.69) is 10.6 Å². The number of amides is 2. The molecule has 18 heavy (non-hydrogen) atoms. The molecule has 5 nitrogen and oxygen atoms in total. The Morgan fingerprint density at radius 3 is 2.28 bits per heavy atom. The Hall–Kier alpha value is -2.04. The third-order valence-electron chi connectivity index (χ3n) is 2.05. The van der Waals surface area contributed by atoms with Gasteiger partial charge in [-0.1, -0.05) is 0 Å². The SMILES string of the molecule is CCOc1ccc(NC(=O)C(=O)NC(C)C)cc1. The summed E-state index contributed by atoms with van der Waals surface area (Å²) < 4.78 is 5.27. The zero-order valence-corrected chi connectivity index (χ0v) is 10.8. The largest absolute Gasteiger partial charge is 0.494 e. The quantitative estimate of drug-likeness (QED) is 0.797.